The molecule has 0 aliphatic rings. The molecule has 0 heterocycles. The number of unbranched alkanes of at least 4 members (excludes halogenated alkanes) is 4. The topological polar surface area (TPSA) is 12.4 Å². The lowest BCUT2D eigenvalue weighted by atomic mass is 10.2. The van der Waals surface area contributed by atoms with E-state index in [2.05, 4.69) is 50.7 Å². The molecule has 0 spiro atoms. The van der Waals surface area contributed by atoms with Crippen molar-refractivity contribution in [3.63, 3.8) is 0 Å². The molecule has 0 saturated heterocycles. The van der Waals surface area contributed by atoms with Gasteiger partial charge in [0.25, 0.3) is 0 Å². The van der Waals surface area contributed by atoms with Crippen LogP contribution in [0, 0.1) is 0 Å². The van der Waals surface area contributed by atoms with E-state index in [9.17, 15) is 0 Å². The molecule has 0 unspecified atom stereocenters. The summed E-state index contributed by atoms with van der Waals surface area (Å²) in [5.41, 5.74) is 2.53. The van der Waals surface area contributed by atoms with Crippen LogP contribution < -0.4 is 0 Å². The summed E-state index contributed by atoms with van der Waals surface area (Å²) in [5.74, 6) is 0. The Hall–Kier alpha value is -0.373. The van der Waals surface area contributed by atoms with E-state index in [4.69, 9.17) is 0 Å². The minimum absolute atomic E-state index is 1.04. The highest BCUT2D eigenvalue weighted by Crippen LogP contribution is 2.23. The smallest absolute Gasteiger partial charge is 0.0772 e. The average Bonchev–Trinajstić information content (AvgIpc) is 2.44. The molecule has 0 aromatic carbocycles. The Labute approximate surface area is 122 Å². The molecule has 112 valence electrons. The number of nitrogens with zero attached hydrogens (tertiary/aromatic N) is 1. The molecular formula is C17H35NSi. The van der Waals surface area contributed by atoms with Gasteiger partial charge in [-0.05, 0) is 32.0 Å². The van der Waals surface area contributed by atoms with Gasteiger partial charge in [0.15, 0.2) is 0 Å². The Balaban J connectivity index is 3.75. The third-order valence-electron chi connectivity index (χ3n) is 4.22. The molecule has 0 bridgehead atoms. The summed E-state index contributed by atoms with van der Waals surface area (Å²) in [6.45, 7) is 10.2. The molecule has 0 aliphatic carbocycles. The van der Waals surface area contributed by atoms with Gasteiger partial charge in [-0.3, -0.25) is 4.99 Å². The second kappa shape index (κ2) is 12.7. The minimum Gasteiger partial charge on any atom is -0.298 e. The summed E-state index contributed by atoms with van der Waals surface area (Å²) in [6, 6.07) is 4.13. The van der Waals surface area contributed by atoms with Crippen LogP contribution in [0.1, 0.15) is 66.2 Å². The normalized spacial score (nSPS) is 12.8. The Morgan fingerprint density at radius 1 is 0.947 bits per heavy atom. The van der Waals surface area contributed by atoms with E-state index < -0.39 is 8.07 Å². The molecule has 0 N–H and O–H groups in total. The minimum atomic E-state index is -1.10. The summed E-state index contributed by atoms with van der Waals surface area (Å²) in [4.78, 5) is 4.57. The van der Waals surface area contributed by atoms with Gasteiger partial charge in [0.1, 0.15) is 0 Å². The monoisotopic (exact) mass is 281 g/mol. The van der Waals surface area contributed by atoms with Crippen molar-refractivity contribution in [3.05, 3.63) is 11.8 Å². The molecule has 0 saturated carbocycles. The second-order valence-electron chi connectivity index (χ2n) is 5.61. The molecule has 19 heavy (non-hydrogen) atoms. The van der Waals surface area contributed by atoms with Crippen LogP contribution in [-0.2, 0) is 0 Å². The number of hydrogen-bond acceptors (Lipinski definition) is 1. The number of aliphatic imine (C=N–C) groups is 1. The maximum atomic E-state index is 4.57. The highest BCUT2D eigenvalue weighted by Gasteiger charge is 2.23. The number of hydrogen-bond donors (Lipinski definition) is 0. The van der Waals surface area contributed by atoms with Gasteiger partial charge in [-0.1, -0.05) is 70.3 Å². The first kappa shape index (κ1) is 18.6. The van der Waals surface area contributed by atoms with Gasteiger partial charge in [-0.15, -0.1) is 0 Å². The first-order chi connectivity index (χ1) is 9.24. The van der Waals surface area contributed by atoms with Gasteiger partial charge in [0, 0.05) is 6.54 Å². The van der Waals surface area contributed by atoms with E-state index in [-0.39, 0.29) is 0 Å². The fourth-order valence-corrected chi connectivity index (χ4v) is 5.87. The molecule has 0 rings (SSSR count). The zero-order valence-electron chi connectivity index (χ0n) is 13.8. The summed E-state index contributed by atoms with van der Waals surface area (Å²) in [5, 5.41) is 0. The van der Waals surface area contributed by atoms with Crippen molar-refractivity contribution >= 4 is 14.3 Å². The SMILES string of the molecule is CC=C[Si](CC)(CC)CCC=NCCCCCCC. The third kappa shape index (κ3) is 9.20. The molecule has 0 fully saturated rings. The maximum Gasteiger partial charge on any atom is 0.0772 e. The third-order valence-corrected chi connectivity index (χ3v) is 9.36. The van der Waals surface area contributed by atoms with Crippen LogP contribution in [0.5, 0.6) is 0 Å². The molecule has 0 atom stereocenters. The molecule has 0 radical (unpaired) electrons. The fraction of sp³-hybridized carbons (Fsp3) is 0.824. The Bertz CT molecular complexity index is 242. The van der Waals surface area contributed by atoms with Crippen molar-refractivity contribution in [2.75, 3.05) is 6.54 Å². The van der Waals surface area contributed by atoms with Crippen LogP contribution in [0.25, 0.3) is 0 Å². The molecule has 2 heteroatoms. The van der Waals surface area contributed by atoms with Crippen LogP contribution in [0.4, 0.5) is 0 Å². The van der Waals surface area contributed by atoms with Gasteiger partial charge < -0.3 is 0 Å². The van der Waals surface area contributed by atoms with Crippen molar-refractivity contribution in [1.29, 1.82) is 0 Å². The van der Waals surface area contributed by atoms with Crippen LogP contribution in [0.2, 0.25) is 18.1 Å². The van der Waals surface area contributed by atoms with Gasteiger partial charge in [0.2, 0.25) is 0 Å². The number of rotatable bonds is 12. The number of allylic oxidation sites excluding steroid dienone is 1. The predicted molar refractivity (Wildman–Crippen MR) is 93.1 cm³/mol. The Kier molecular flexibility index (Phi) is 12.4. The molecule has 0 aromatic rings. The summed E-state index contributed by atoms with van der Waals surface area (Å²) < 4.78 is 0. The highest BCUT2D eigenvalue weighted by atomic mass is 28.3. The second-order valence-corrected chi connectivity index (χ2v) is 10.6. The predicted octanol–water partition coefficient (Wildman–Crippen LogP) is 6.02. The lowest BCUT2D eigenvalue weighted by Crippen LogP contribution is -2.29. The quantitative estimate of drug-likeness (QED) is 0.235. The lowest BCUT2D eigenvalue weighted by molar-refractivity contribution is 0.639. The maximum absolute atomic E-state index is 4.57. The zero-order valence-corrected chi connectivity index (χ0v) is 14.8. The van der Waals surface area contributed by atoms with Crippen molar-refractivity contribution < 1.29 is 0 Å². The van der Waals surface area contributed by atoms with E-state index in [0.29, 0.717) is 0 Å². The molecule has 0 aliphatic heterocycles. The van der Waals surface area contributed by atoms with Crippen molar-refractivity contribution in [2.45, 2.75) is 84.4 Å². The van der Waals surface area contributed by atoms with E-state index in [1.807, 2.05) is 0 Å². The van der Waals surface area contributed by atoms with Crippen molar-refractivity contribution in [3.8, 4) is 0 Å². The molecule has 1 nitrogen and oxygen atoms in total. The molecule has 0 amide bonds. The van der Waals surface area contributed by atoms with Crippen LogP contribution in [0.15, 0.2) is 16.8 Å². The average molecular weight is 282 g/mol. The molecule has 0 aromatic heterocycles. The summed E-state index contributed by atoms with van der Waals surface area (Å²) in [7, 11) is -1.10. The zero-order chi connectivity index (χ0) is 14.4. The van der Waals surface area contributed by atoms with E-state index >= 15 is 0 Å². The van der Waals surface area contributed by atoms with E-state index in [0.717, 1.165) is 6.54 Å². The first-order valence-corrected chi connectivity index (χ1v) is 11.1. The highest BCUT2D eigenvalue weighted by molar-refractivity contribution is 6.84. The lowest BCUT2D eigenvalue weighted by Gasteiger charge is -2.24. The van der Waals surface area contributed by atoms with Crippen molar-refractivity contribution in [1.82, 2.24) is 0 Å². The van der Waals surface area contributed by atoms with Gasteiger partial charge in [0.05, 0.1) is 8.07 Å². The Morgan fingerprint density at radius 3 is 2.21 bits per heavy atom. The van der Waals surface area contributed by atoms with Crippen LogP contribution in [-0.4, -0.2) is 20.8 Å². The Morgan fingerprint density at radius 2 is 1.63 bits per heavy atom. The standard InChI is InChI=1S/C17H35NSi/c1-5-9-10-11-12-14-18-15-13-17-19(7-3,8-4)16-6-2/h6,15-16H,5,7-14,17H2,1-4H3. The largest absolute Gasteiger partial charge is 0.298 e. The van der Waals surface area contributed by atoms with Crippen LogP contribution in [0.3, 0.4) is 0 Å². The molecular weight excluding hydrogens is 246 g/mol. The van der Waals surface area contributed by atoms with Crippen molar-refractivity contribution in [2.24, 2.45) is 4.99 Å². The fourth-order valence-electron chi connectivity index (χ4n) is 2.62. The van der Waals surface area contributed by atoms with E-state index in [1.165, 1.54) is 56.7 Å². The van der Waals surface area contributed by atoms with Gasteiger partial charge in [-0.2, -0.15) is 0 Å². The summed E-state index contributed by atoms with van der Waals surface area (Å²) in [6.07, 6.45) is 12.4. The van der Waals surface area contributed by atoms with Gasteiger partial charge in [-0.25, -0.2) is 0 Å². The van der Waals surface area contributed by atoms with E-state index in [1.54, 1.807) is 0 Å². The van der Waals surface area contributed by atoms with Gasteiger partial charge >= 0.3 is 0 Å². The first-order valence-electron chi connectivity index (χ1n) is 8.36. The van der Waals surface area contributed by atoms with Crippen LogP contribution >= 0.6 is 0 Å². The summed E-state index contributed by atoms with van der Waals surface area (Å²) >= 11 is 0.